The smallest absolute Gasteiger partial charge is 0.162 e. The van der Waals surface area contributed by atoms with Crippen molar-refractivity contribution in [2.24, 2.45) is 0 Å². The maximum atomic E-state index is 6.68. The third-order valence-corrected chi connectivity index (χ3v) is 10.4. The molecule has 0 bridgehead atoms. The zero-order valence-corrected chi connectivity index (χ0v) is 24.8. The van der Waals surface area contributed by atoms with Crippen LogP contribution in [0.4, 0.5) is 0 Å². The van der Waals surface area contributed by atoms with Crippen LogP contribution in [-0.2, 0) is 5.41 Å². The average Bonchev–Trinajstić information content (AvgIpc) is 3.63. The van der Waals surface area contributed by atoms with E-state index in [1.54, 1.807) is 17.5 Å². The molecule has 8 aromatic rings. The Balaban J connectivity index is 1.31. The van der Waals surface area contributed by atoms with Gasteiger partial charge in [-0.2, -0.15) is 0 Å². The summed E-state index contributed by atoms with van der Waals surface area (Å²) in [6.45, 7) is 0. The molecule has 0 saturated carbocycles. The Kier molecular flexibility index (Phi) is 5.05. The van der Waals surface area contributed by atoms with E-state index in [2.05, 4.69) is 120 Å². The van der Waals surface area contributed by atoms with Crippen LogP contribution in [0.5, 0.6) is 11.5 Å². The van der Waals surface area contributed by atoms with Crippen LogP contribution in [0.3, 0.4) is 0 Å². The molecule has 3 aromatic heterocycles. The molecule has 5 heteroatoms. The summed E-state index contributed by atoms with van der Waals surface area (Å²) in [6, 6.07) is 45.1. The number of thiophene rings is 1. The summed E-state index contributed by atoms with van der Waals surface area (Å²) in [6.07, 6.45) is 3.61. The average molecular weight is 594 g/mol. The van der Waals surface area contributed by atoms with Crippen LogP contribution >= 0.6 is 11.3 Å². The van der Waals surface area contributed by atoms with Crippen LogP contribution in [0.15, 0.2) is 140 Å². The first-order chi connectivity index (χ1) is 22.3. The number of pyridine rings is 1. The predicted octanol–water partition coefficient (Wildman–Crippen LogP) is 10.0. The number of hydrogen-bond acceptors (Lipinski definition) is 5. The molecule has 0 fully saturated rings. The van der Waals surface area contributed by atoms with E-state index in [0.29, 0.717) is 5.82 Å². The molecular formula is C40H23N3OS. The van der Waals surface area contributed by atoms with E-state index in [1.165, 1.54) is 27.0 Å². The van der Waals surface area contributed by atoms with Gasteiger partial charge in [-0.05, 0) is 64.7 Å². The molecule has 1 aliphatic heterocycles. The molecule has 0 amide bonds. The molecule has 2 aliphatic rings. The minimum atomic E-state index is -0.536. The van der Waals surface area contributed by atoms with Crippen LogP contribution in [0.1, 0.15) is 22.3 Å². The SMILES string of the molecule is c1cncc(-c2nc(-c3ccc4c(c3)C3(c5ccccc5O4)c4ccccc4-c4ccccc43)c3sc4ccccc4c3n2)c1. The molecule has 0 N–H and O–H groups in total. The number of aromatic nitrogens is 3. The summed E-state index contributed by atoms with van der Waals surface area (Å²) in [7, 11) is 0. The van der Waals surface area contributed by atoms with Crippen molar-refractivity contribution in [2.75, 3.05) is 0 Å². The van der Waals surface area contributed by atoms with Crippen LogP contribution < -0.4 is 4.74 Å². The fraction of sp³-hybridized carbons (Fsp3) is 0.0250. The lowest BCUT2D eigenvalue weighted by atomic mass is 9.66. The van der Waals surface area contributed by atoms with Gasteiger partial charge >= 0.3 is 0 Å². The fourth-order valence-corrected chi connectivity index (χ4v) is 8.57. The first-order valence-corrected chi connectivity index (χ1v) is 15.8. The van der Waals surface area contributed by atoms with Gasteiger partial charge in [-0.25, -0.2) is 9.97 Å². The molecule has 0 radical (unpaired) electrons. The lowest BCUT2D eigenvalue weighted by Gasteiger charge is -2.39. The van der Waals surface area contributed by atoms with Crippen molar-refractivity contribution in [3.05, 3.63) is 162 Å². The standard InChI is InChI=1S/C40H23N3OS/c1-4-14-29-26(11-1)27-12-2-5-15-30(27)40(29)31-16-6-7-17-33(31)44-34-20-19-24(22-32(34)40)36-38-37(28-13-3-8-18-35(28)45-38)43-39(42-36)25-10-9-21-41-23-25/h1-23H. The van der Waals surface area contributed by atoms with Crippen LogP contribution in [-0.4, -0.2) is 15.0 Å². The van der Waals surface area contributed by atoms with Gasteiger partial charge in [0.1, 0.15) is 11.5 Å². The Bertz CT molecular complexity index is 2440. The van der Waals surface area contributed by atoms with Gasteiger partial charge in [0.15, 0.2) is 5.82 Å². The largest absolute Gasteiger partial charge is 0.457 e. The van der Waals surface area contributed by atoms with Gasteiger partial charge in [-0.1, -0.05) is 84.9 Å². The first-order valence-electron chi connectivity index (χ1n) is 15.0. The van der Waals surface area contributed by atoms with E-state index < -0.39 is 5.41 Å². The Hall–Kier alpha value is -5.65. The minimum Gasteiger partial charge on any atom is -0.457 e. The van der Waals surface area contributed by atoms with Crippen molar-refractivity contribution < 1.29 is 4.74 Å². The van der Waals surface area contributed by atoms with E-state index in [1.807, 2.05) is 18.3 Å². The second-order valence-corrected chi connectivity index (χ2v) is 12.6. The molecule has 10 rings (SSSR count). The second-order valence-electron chi connectivity index (χ2n) is 11.6. The highest BCUT2D eigenvalue weighted by Crippen LogP contribution is 2.62. The quantitative estimate of drug-likeness (QED) is 0.200. The first kappa shape index (κ1) is 24.8. The van der Waals surface area contributed by atoms with Gasteiger partial charge in [0.25, 0.3) is 0 Å². The molecule has 4 heterocycles. The third-order valence-electron chi connectivity index (χ3n) is 9.26. The van der Waals surface area contributed by atoms with E-state index in [4.69, 9.17) is 14.7 Å². The molecule has 1 aliphatic carbocycles. The van der Waals surface area contributed by atoms with Crippen molar-refractivity contribution >= 4 is 31.6 Å². The topological polar surface area (TPSA) is 47.9 Å². The lowest BCUT2D eigenvalue weighted by Crippen LogP contribution is -2.32. The highest BCUT2D eigenvalue weighted by molar-refractivity contribution is 7.26. The van der Waals surface area contributed by atoms with Gasteiger partial charge < -0.3 is 4.74 Å². The van der Waals surface area contributed by atoms with Crippen LogP contribution in [0.2, 0.25) is 0 Å². The Labute approximate surface area is 263 Å². The Morgan fingerprint density at radius 1 is 0.578 bits per heavy atom. The van der Waals surface area contributed by atoms with Gasteiger partial charge in [-0.3, -0.25) is 4.98 Å². The third kappa shape index (κ3) is 3.33. The highest BCUT2D eigenvalue weighted by Gasteiger charge is 2.51. The molecule has 0 unspecified atom stereocenters. The monoisotopic (exact) mass is 593 g/mol. The number of ether oxygens (including phenoxy) is 1. The summed E-state index contributed by atoms with van der Waals surface area (Å²) < 4.78 is 8.94. The Morgan fingerprint density at radius 2 is 1.29 bits per heavy atom. The number of para-hydroxylation sites is 1. The summed E-state index contributed by atoms with van der Waals surface area (Å²) >= 11 is 1.74. The normalized spacial score (nSPS) is 13.7. The highest BCUT2D eigenvalue weighted by atomic mass is 32.1. The molecule has 1 spiro atoms. The molecule has 4 nitrogen and oxygen atoms in total. The molecule has 5 aromatic carbocycles. The summed E-state index contributed by atoms with van der Waals surface area (Å²) in [5.41, 5.74) is 10.6. The van der Waals surface area contributed by atoms with Gasteiger partial charge in [0, 0.05) is 44.7 Å². The number of nitrogens with zero attached hydrogens (tertiary/aromatic N) is 3. The van der Waals surface area contributed by atoms with E-state index >= 15 is 0 Å². The summed E-state index contributed by atoms with van der Waals surface area (Å²) in [5, 5.41) is 1.14. The van der Waals surface area contributed by atoms with Crippen molar-refractivity contribution in [3.8, 4) is 45.3 Å². The van der Waals surface area contributed by atoms with Crippen molar-refractivity contribution in [2.45, 2.75) is 5.41 Å². The minimum absolute atomic E-state index is 0.536. The Morgan fingerprint density at radius 3 is 2.09 bits per heavy atom. The lowest BCUT2D eigenvalue weighted by molar-refractivity contribution is 0.436. The maximum absolute atomic E-state index is 6.68. The van der Waals surface area contributed by atoms with E-state index in [0.717, 1.165) is 55.0 Å². The van der Waals surface area contributed by atoms with Crippen molar-refractivity contribution in [1.82, 2.24) is 15.0 Å². The molecule has 45 heavy (non-hydrogen) atoms. The summed E-state index contributed by atoms with van der Waals surface area (Å²) in [4.78, 5) is 14.7. The van der Waals surface area contributed by atoms with Gasteiger partial charge in [0.2, 0.25) is 0 Å². The number of hydrogen-bond donors (Lipinski definition) is 0. The zero-order valence-electron chi connectivity index (χ0n) is 23.9. The summed E-state index contributed by atoms with van der Waals surface area (Å²) in [5.74, 6) is 2.41. The maximum Gasteiger partial charge on any atom is 0.162 e. The number of benzene rings is 5. The van der Waals surface area contributed by atoms with Crippen molar-refractivity contribution in [1.29, 1.82) is 0 Å². The second kappa shape index (κ2) is 9.18. The number of fused-ring (bicyclic) bond motifs is 12. The van der Waals surface area contributed by atoms with E-state index in [-0.39, 0.29) is 0 Å². The predicted molar refractivity (Wildman–Crippen MR) is 181 cm³/mol. The van der Waals surface area contributed by atoms with Gasteiger partial charge in [-0.15, -0.1) is 11.3 Å². The van der Waals surface area contributed by atoms with Crippen molar-refractivity contribution in [3.63, 3.8) is 0 Å². The molecular weight excluding hydrogens is 571 g/mol. The van der Waals surface area contributed by atoms with Gasteiger partial charge in [0.05, 0.1) is 21.3 Å². The fourth-order valence-electron chi connectivity index (χ4n) is 7.41. The van der Waals surface area contributed by atoms with E-state index in [9.17, 15) is 0 Å². The molecule has 0 saturated heterocycles. The zero-order chi connectivity index (χ0) is 29.5. The number of rotatable bonds is 2. The van der Waals surface area contributed by atoms with Crippen LogP contribution in [0, 0.1) is 0 Å². The molecule has 210 valence electrons. The van der Waals surface area contributed by atoms with Crippen LogP contribution in [0.25, 0.3) is 54.1 Å². The molecule has 0 atom stereocenters.